The smallest absolute Gasteiger partial charge is 0.354 e. The van der Waals surface area contributed by atoms with Crippen LogP contribution in [0.1, 0.15) is 21.7 Å². The van der Waals surface area contributed by atoms with Crippen LogP contribution in [0, 0.1) is 12.1 Å². The molecule has 20 heavy (non-hydrogen) atoms. The van der Waals surface area contributed by atoms with Crippen molar-refractivity contribution in [2.75, 3.05) is 6.54 Å². The maximum Gasteiger partial charge on any atom is 0.354 e. The van der Waals surface area contributed by atoms with Gasteiger partial charge in [0.2, 0.25) is 0 Å². The number of aliphatic carboxylic acids is 1. The number of aromatic carboxylic acids is 1. The third kappa shape index (κ3) is 2.67. The van der Waals surface area contributed by atoms with Crippen molar-refractivity contribution in [1.29, 1.82) is 0 Å². The number of allylic oxidation sites excluding steroid dienone is 2. The maximum absolute atomic E-state index is 11.6. The van der Waals surface area contributed by atoms with Gasteiger partial charge in [-0.25, -0.2) is 14.6 Å². The van der Waals surface area contributed by atoms with Gasteiger partial charge in [-0.2, -0.15) is 0 Å². The third-order valence-electron chi connectivity index (χ3n) is 2.79. The second-order valence-corrected chi connectivity index (χ2v) is 4.27. The van der Waals surface area contributed by atoms with Crippen LogP contribution in [0.2, 0.25) is 0 Å². The number of carboxylic acids is 2. The van der Waals surface area contributed by atoms with Crippen molar-refractivity contribution in [2.24, 2.45) is 0 Å². The summed E-state index contributed by atoms with van der Waals surface area (Å²) in [5.74, 6) is -2.46. The summed E-state index contributed by atoms with van der Waals surface area (Å²) < 4.78 is 0. The molecular weight excluding hydrogens is 264 g/mol. The van der Waals surface area contributed by atoms with Crippen molar-refractivity contribution in [3.05, 3.63) is 52.1 Å². The second-order valence-electron chi connectivity index (χ2n) is 4.27. The number of carboxylic acid groups (broad SMARTS) is 2. The number of aryl methyl sites for hydroxylation is 1. The van der Waals surface area contributed by atoms with Gasteiger partial charge in [-0.05, 0) is 36.3 Å². The van der Waals surface area contributed by atoms with E-state index in [1.807, 2.05) is 0 Å². The number of rotatable bonds is 3. The van der Waals surface area contributed by atoms with Crippen LogP contribution in [-0.2, 0) is 4.79 Å². The van der Waals surface area contributed by atoms with Crippen LogP contribution in [0.4, 0.5) is 0 Å². The van der Waals surface area contributed by atoms with Crippen LogP contribution in [-0.4, -0.2) is 38.7 Å². The lowest BCUT2D eigenvalue weighted by molar-refractivity contribution is -0.134. The highest BCUT2D eigenvalue weighted by atomic mass is 16.5. The van der Waals surface area contributed by atoms with Crippen molar-refractivity contribution >= 4 is 17.5 Å². The Labute approximate surface area is 114 Å². The Morgan fingerprint density at radius 3 is 2.50 bits per heavy atom. The lowest BCUT2D eigenvalue weighted by Crippen LogP contribution is -2.25. The second kappa shape index (κ2) is 5.14. The standard InChI is InChI=1S/C13H11N2O5/c1-7-4-9(5-10(14-7)12(16)17)8-2-3-11(13(18)19)15(20)6-8/h2-5H,6H2,1H3,(H,16,17)(H,18,19)/q-1. The van der Waals surface area contributed by atoms with Gasteiger partial charge in [0.25, 0.3) is 0 Å². The molecule has 1 aromatic heterocycles. The Hall–Kier alpha value is -2.67. The van der Waals surface area contributed by atoms with Gasteiger partial charge < -0.3 is 20.5 Å². The number of pyridine rings is 1. The van der Waals surface area contributed by atoms with E-state index in [2.05, 4.69) is 4.98 Å². The monoisotopic (exact) mass is 275 g/mol. The zero-order valence-electron chi connectivity index (χ0n) is 10.5. The fourth-order valence-corrected chi connectivity index (χ4v) is 1.88. The number of hydroxylamine groups is 2. The minimum atomic E-state index is -1.30. The average molecular weight is 275 g/mol. The molecule has 2 rings (SSSR count). The summed E-state index contributed by atoms with van der Waals surface area (Å²) in [5, 5.41) is 29.7. The van der Waals surface area contributed by atoms with E-state index in [-0.39, 0.29) is 17.9 Å². The van der Waals surface area contributed by atoms with E-state index in [4.69, 9.17) is 10.2 Å². The molecule has 2 N–H and O–H groups in total. The first-order valence-electron chi connectivity index (χ1n) is 5.69. The Morgan fingerprint density at radius 2 is 1.95 bits per heavy atom. The normalized spacial score (nSPS) is 14.6. The Kier molecular flexibility index (Phi) is 3.53. The number of carbonyl (C=O) groups is 2. The van der Waals surface area contributed by atoms with Crippen LogP contribution in [0.25, 0.3) is 5.57 Å². The summed E-state index contributed by atoms with van der Waals surface area (Å²) in [4.78, 5) is 25.6. The highest BCUT2D eigenvalue weighted by Gasteiger charge is 2.16. The Bertz CT molecular complexity index is 648. The molecule has 2 heterocycles. The molecule has 0 unspecified atom stereocenters. The number of nitrogens with zero attached hydrogens (tertiary/aromatic N) is 2. The summed E-state index contributed by atoms with van der Waals surface area (Å²) in [5.41, 5.74) is 1.12. The van der Waals surface area contributed by atoms with E-state index in [0.29, 0.717) is 21.9 Å². The molecule has 0 amide bonds. The SMILES string of the molecule is Cc1cc(C2=CC=C(C(=O)O)N([O-])C2)cc(C(=O)O)n1. The molecule has 0 bridgehead atoms. The number of hydrogen-bond acceptors (Lipinski definition) is 5. The van der Waals surface area contributed by atoms with Gasteiger partial charge in [0, 0.05) is 12.2 Å². The van der Waals surface area contributed by atoms with Gasteiger partial charge in [0.1, 0.15) is 11.4 Å². The van der Waals surface area contributed by atoms with Crippen LogP contribution in [0.3, 0.4) is 0 Å². The largest absolute Gasteiger partial charge is 0.758 e. The molecule has 0 saturated heterocycles. The van der Waals surface area contributed by atoms with E-state index in [1.54, 1.807) is 13.0 Å². The average Bonchev–Trinajstić information content (AvgIpc) is 2.37. The molecule has 104 valence electrons. The van der Waals surface area contributed by atoms with Gasteiger partial charge in [0.05, 0.1) is 0 Å². The third-order valence-corrected chi connectivity index (χ3v) is 2.79. The van der Waals surface area contributed by atoms with E-state index >= 15 is 0 Å². The summed E-state index contributed by atoms with van der Waals surface area (Å²) in [6.45, 7) is 1.49. The van der Waals surface area contributed by atoms with Gasteiger partial charge in [-0.3, -0.25) is 0 Å². The minimum absolute atomic E-state index is 0.119. The maximum atomic E-state index is 11.6. The predicted octanol–water partition coefficient (Wildman–Crippen LogP) is 1.25. The highest BCUT2D eigenvalue weighted by Crippen LogP contribution is 2.23. The molecular formula is C13H11N2O5-. The zero-order valence-corrected chi connectivity index (χ0v) is 10.5. The fraction of sp³-hybridized carbons (Fsp3) is 0.154. The van der Waals surface area contributed by atoms with Crippen LogP contribution < -0.4 is 0 Å². The molecule has 0 radical (unpaired) electrons. The van der Waals surface area contributed by atoms with Crippen molar-refractivity contribution in [3.63, 3.8) is 0 Å². The molecule has 0 atom stereocenters. The van der Waals surface area contributed by atoms with Gasteiger partial charge in [-0.15, -0.1) is 0 Å². The van der Waals surface area contributed by atoms with Gasteiger partial charge in [0.15, 0.2) is 0 Å². The van der Waals surface area contributed by atoms with Gasteiger partial charge >= 0.3 is 11.9 Å². The summed E-state index contributed by atoms with van der Waals surface area (Å²) in [7, 11) is 0. The lowest BCUT2D eigenvalue weighted by atomic mass is 10.0. The molecule has 0 aliphatic carbocycles. The van der Waals surface area contributed by atoms with E-state index in [0.717, 1.165) is 0 Å². The molecule has 7 heteroatoms. The lowest BCUT2D eigenvalue weighted by Gasteiger charge is -2.34. The highest BCUT2D eigenvalue weighted by molar-refractivity contribution is 5.90. The van der Waals surface area contributed by atoms with Crippen LogP contribution in [0.5, 0.6) is 0 Å². The molecule has 0 fully saturated rings. The van der Waals surface area contributed by atoms with Crippen molar-refractivity contribution < 1.29 is 19.8 Å². The molecule has 1 aliphatic rings. The van der Waals surface area contributed by atoms with Crippen LogP contribution >= 0.6 is 0 Å². The first-order chi connectivity index (χ1) is 9.38. The van der Waals surface area contributed by atoms with E-state index in [1.165, 1.54) is 18.2 Å². The zero-order chi connectivity index (χ0) is 14.9. The molecule has 0 spiro atoms. The summed E-state index contributed by atoms with van der Waals surface area (Å²) in [6, 6.07) is 3.00. The predicted molar refractivity (Wildman–Crippen MR) is 69.7 cm³/mol. The van der Waals surface area contributed by atoms with Gasteiger partial charge in [-0.1, -0.05) is 6.08 Å². The summed E-state index contributed by atoms with van der Waals surface area (Å²) in [6.07, 6.45) is 2.70. The Balaban J connectivity index is 2.43. The molecule has 0 aromatic carbocycles. The molecule has 1 aliphatic heterocycles. The number of hydrogen-bond donors (Lipinski definition) is 2. The molecule has 1 aromatic rings. The summed E-state index contributed by atoms with van der Waals surface area (Å²) >= 11 is 0. The van der Waals surface area contributed by atoms with Crippen molar-refractivity contribution in [1.82, 2.24) is 10.0 Å². The topological polar surface area (TPSA) is 114 Å². The van der Waals surface area contributed by atoms with Crippen molar-refractivity contribution in [2.45, 2.75) is 6.92 Å². The molecule has 7 nitrogen and oxygen atoms in total. The number of aromatic nitrogens is 1. The quantitative estimate of drug-likeness (QED) is 0.853. The first-order valence-corrected chi connectivity index (χ1v) is 5.69. The Morgan fingerprint density at radius 1 is 1.25 bits per heavy atom. The molecule has 0 saturated carbocycles. The first kappa shape index (κ1) is 13.8. The van der Waals surface area contributed by atoms with E-state index < -0.39 is 11.9 Å². The fourth-order valence-electron chi connectivity index (χ4n) is 1.88. The van der Waals surface area contributed by atoms with Crippen LogP contribution in [0.15, 0.2) is 30.0 Å². The minimum Gasteiger partial charge on any atom is -0.758 e. The van der Waals surface area contributed by atoms with Crippen molar-refractivity contribution in [3.8, 4) is 0 Å². The van der Waals surface area contributed by atoms with E-state index in [9.17, 15) is 14.8 Å².